The van der Waals surface area contributed by atoms with Gasteiger partial charge in [0.2, 0.25) is 0 Å². The van der Waals surface area contributed by atoms with Crippen LogP contribution in [0.25, 0.3) is 0 Å². The molecule has 0 aromatic carbocycles. The topological polar surface area (TPSA) is 18.5 Å². The fourth-order valence-corrected chi connectivity index (χ4v) is 3.03. The zero-order valence-corrected chi connectivity index (χ0v) is 11.6. The van der Waals surface area contributed by atoms with E-state index in [2.05, 4.69) is 6.92 Å². The van der Waals surface area contributed by atoms with Gasteiger partial charge in [0.15, 0.2) is 6.29 Å². The Bertz CT molecular complexity index is 219. The SMILES string of the molecule is CCCCCC1COC([C@H]2CC[C@H](F)CC2)OC1. The number of rotatable bonds is 5. The van der Waals surface area contributed by atoms with Crippen LogP contribution in [0.5, 0.6) is 0 Å². The van der Waals surface area contributed by atoms with E-state index in [0.29, 0.717) is 24.7 Å². The third-order valence-electron chi connectivity index (χ3n) is 4.29. The molecule has 0 radical (unpaired) electrons. The van der Waals surface area contributed by atoms with Crippen molar-refractivity contribution in [2.45, 2.75) is 70.8 Å². The minimum atomic E-state index is -0.591. The summed E-state index contributed by atoms with van der Waals surface area (Å²) in [6.07, 6.45) is 7.65. The zero-order valence-electron chi connectivity index (χ0n) is 11.6. The van der Waals surface area contributed by atoms with Crippen LogP contribution in [-0.4, -0.2) is 25.7 Å². The van der Waals surface area contributed by atoms with Crippen molar-refractivity contribution >= 4 is 0 Å². The van der Waals surface area contributed by atoms with E-state index in [1.165, 1.54) is 25.7 Å². The van der Waals surface area contributed by atoms with E-state index in [1.54, 1.807) is 0 Å². The van der Waals surface area contributed by atoms with Crippen LogP contribution in [0.2, 0.25) is 0 Å². The lowest BCUT2D eigenvalue weighted by Gasteiger charge is -2.36. The first-order chi connectivity index (χ1) is 8.79. The molecule has 0 amide bonds. The molecule has 1 aliphatic heterocycles. The van der Waals surface area contributed by atoms with Crippen LogP contribution in [-0.2, 0) is 9.47 Å². The predicted molar refractivity (Wildman–Crippen MR) is 70.2 cm³/mol. The minimum absolute atomic E-state index is 0.0556. The van der Waals surface area contributed by atoms with E-state index < -0.39 is 6.17 Å². The number of alkyl halides is 1. The molecule has 1 saturated carbocycles. The third-order valence-corrected chi connectivity index (χ3v) is 4.29. The summed E-state index contributed by atoms with van der Waals surface area (Å²) >= 11 is 0. The second kappa shape index (κ2) is 7.44. The van der Waals surface area contributed by atoms with E-state index >= 15 is 0 Å². The highest BCUT2D eigenvalue weighted by Crippen LogP contribution is 2.32. The summed E-state index contributed by atoms with van der Waals surface area (Å²) in [4.78, 5) is 0. The molecule has 0 atom stereocenters. The number of unbranched alkanes of at least 4 members (excludes halogenated alkanes) is 2. The molecule has 1 heterocycles. The lowest BCUT2D eigenvalue weighted by atomic mass is 9.87. The van der Waals surface area contributed by atoms with Gasteiger partial charge in [-0.25, -0.2) is 4.39 Å². The quantitative estimate of drug-likeness (QED) is 0.692. The minimum Gasteiger partial charge on any atom is -0.352 e. The van der Waals surface area contributed by atoms with Crippen LogP contribution in [0, 0.1) is 11.8 Å². The molecule has 0 N–H and O–H groups in total. The lowest BCUT2D eigenvalue weighted by Crippen LogP contribution is -2.38. The maximum Gasteiger partial charge on any atom is 0.160 e. The molecule has 2 rings (SSSR count). The normalized spacial score (nSPS) is 37.7. The third kappa shape index (κ3) is 4.20. The Balaban J connectivity index is 1.63. The van der Waals surface area contributed by atoms with Crippen LogP contribution < -0.4 is 0 Å². The van der Waals surface area contributed by atoms with Crippen molar-refractivity contribution < 1.29 is 13.9 Å². The fraction of sp³-hybridized carbons (Fsp3) is 1.00. The Hall–Kier alpha value is -0.150. The largest absolute Gasteiger partial charge is 0.352 e. The van der Waals surface area contributed by atoms with Gasteiger partial charge in [-0.1, -0.05) is 26.2 Å². The molecule has 18 heavy (non-hydrogen) atoms. The molecule has 0 aromatic heterocycles. The first-order valence-corrected chi connectivity index (χ1v) is 7.67. The Morgan fingerprint density at radius 1 is 1.00 bits per heavy atom. The van der Waals surface area contributed by atoms with E-state index in [9.17, 15) is 4.39 Å². The first kappa shape index (κ1) is 14.3. The molecule has 106 valence electrons. The molecule has 2 aliphatic rings. The summed E-state index contributed by atoms with van der Waals surface area (Å²) in [5.41, 5.74) is 0. The van der Waals surface area contributed by atoms with Crippen molar-refractivity contribution in [3.8, 4) is 0 Å². The van der Waals surface area contributed by atoms with Gasteiger partial charge in [-0.3, -0.25) is 0 Å². The molecule has 3 heteroatoms. The van der Waals surface area contributed by atoms with Crippen LogP contribution >= 0.6 is 0 Å². The molecule has 2 nitrogen and oxygen atoms in total. The van der Waals surface area contributed by atoms with Gasteiger partial charge in [-0.2, -0.15) is 0 Å². The van der Waals surface area contributed by atoms with Gasteiger partial charge in [0.1, 0.15) is 6.17 Å². The Kier molecular flexibility index (Phi) is 5.90. The van der Waals surface area contributed by atoms with Crippen molar-refractivity contribution in [1.29, 1.82) is 0 Å². The zero-order chi connectivity index (χ0) is 12.8. The van der Waals surface area contributed by atoms with Crippen molar-refractivity contribution in [2.75, 3.05) is 13.2 Å². The maximum absolute atomic E-state index is 13.1. The molecular formula is C15H27FO2. The molecule has 1 aliphatic carbocycles. The second-order valence-corrected chi connectivity index (χ2v) is 5.91. The summed E-state index contributed by atoms with van der Waals surface area (Å²) < 4.78 is 24.8. The van der Waals surface area contributed by atoms with Crippen LogP contribution in [0.4, 0.5) is 4.39 Å². The van der Waals surface area contributed by atoms with Crippen LogP contribution in [0.1, 0.15) is 58.3 Å². The Morgan fingerprint density at radius 3 is 2.28 bits per heavy atom. The Morgan fingerprint density at radius 2 is 1.67 bits per heavy atom. The van der Waals surface area contributed by atoms with Gasteiger partial charge in [-0.05, 0) is 32.1 Å². The summed E-state index contributed by atoms with van der Waals surface area (Å²) in [6.45, 7) is 3.90. The smallest absolute Gasteiger partial charge is 0.160 e. The summed E-state index contributed by atoms with van der Waals surface area (Å²) in [5.74, 6) is 0.999. The molecule has 0 unspecified atom stereocenters. The Labute approximate surface area is 110 Å². The van der Waals surface area contributed by atoms with Crippen molar-refractivity contribution in [3.05, 3.63) is 0 Å². The van der Waals surface area contributed by atoms with Gasteiger partial charge in [0.25, 0.3) is 0 Å². The summed E-state index contributed by atoms with van der Waals surface area (Å²) in [6, 6.07) is 0. The first-order valence-electron chi connectivity index (χ1n) is 7.67. The van der Waals surface area contributed by atoms with Gasteiger partial charge >= 0.3 is 0 Å². The molecule has 2 fully saturated rings. The summed E-state index contributed by atoms with van der Waals surface area (Å²) in [7, 11) is 0. The predicted octanol–water partition coefficient (Wildman–Crippen LogP) is 4.08. The number of halogens is 1. The van der Waals surface area contributed by atoms with E-state index in [1.807, 2.05) is 0 Å². The highest BCUT2D eigenvalue weighted by atomic mass is 19.1. The second-order valence-electron chi connectivity index (χ2n) is 5.91. The van der Waals surface area contributed by atoms with E-state index in [0.717, 1.165) is 26.1 Å². The molecule has 0 spiro atoms. The molecule has 1 saturated heterocycles. The van der Waals surface area contributed by atoms with E-state index in [4.69, 9.17) is 9.47 Å². The number of ether oxygens (including phenoxy) is 2. The molecule has 0 bridgehead atoms. The average molecular weight is 258 g/mol. The van der Waals surface area contributed by atoms with Crippen LogP contribution in [0.15, 0.2) is 0 Å². The molecule has 0 aromatic rings. The van der Waals surface area contributed by atoms with Crippen molar-refractivity contribution in [2.24, 2.45) is 11.8 Å². The highest BCUT2D eigenvalue weighted by molar-refractivity contribution is 4.76. The highest BCUT2D eigenvalue weighted by Gasteiger charge is 2.32. The monoisotopic (exact) mass is 258 g/mol. The lowest BCUT2D eigenvalue weighted by molar-refractivity contribution is -0.230. The maximum atomic E-state index is 13.1. The van der Waals surface area contributed by atoms with Crippen molar-refractivity contribution in [3.63, 3.8) is 0 Å². The summed E-state index contributed by atoms with van der Waals surface area (Å²) in [5, 5.41) is 0. The van der Waals surface area contributed by atoms with Crippen molar-refractivity contribution in [1.82, 2.24) is 0 Å². The number of hydrogen-bond donors (Lipinski definition) is 0. The average Bonchev–Trinajstić information content (AvgIpc) is 2.41. The number of hydrogen-bond acceptors (Lipinski definition) is 2. The standard InChI is InChI=1S/C15H27FO2/c1-2-3-4-5-12-10-17-15(18-11-12)13-6-8-14(16)9-7-13/h12-15H,2-11H2,1H3/t12?,13-,14-,15?. The van der Waals surface area contributed by atoms with Gasteiger partial charge < -0.3 is 9.47 Å². The van der Waals surface area contributed by atoms with E-state index in [-0.39, 0.29) is 6.29 Å². The van der Waals surface area contributed by atoms with Crippen LogP contribution in [0.3, 0.4) is 0 Å². The molecular weight excluding hydrogens is 231 g/mol. The fourth-order valence-electron chi connectivity index (χ4n) is 3.03. The van der Waals surface area contributed by atoms with Gasteiger partial charge in [0, 0.05) is 11.8 Å². The van der Waals surface area contributed by atoms with Gasteiger partial charge in [-0.15, -0.1) is 0 Å². The van der Waals surface area contributed by atoms with Gasteiger partial charge in [0.05, 0.1) is 13.2 Å².